The Kier molecular flexibility index (Phi) is 6.05. The molecular formula is C30H28N2O2. The zero-order valence-corrected chi connectivity index (χ0v) is 19.5. The third-order valence-corrected chi connectivity index (χ3v) is 6.20. The summed E-state index contributed by atoms with van der Waals surface area (Å²) in [5.74, 6) is 0.827. The molecule has 0 N–H and O–H groups in total. The highest BCUT2D eigenvalue weighted by atomic mass is 16.5. The van der Waals surface area contributed by atoms with Crippen LogP contribution in [0, 0.1) is 6.92 Å². The van der Waals surface area contributed by atoms with Gasteiger partial charge in [0.25, 0.3) is 5.91 Å². The largest absolute Gasteiger partial charge is 0.494 e. The third-order valence-electron chi connectivity index (χ3n) is 6.20. The van der Waals surface area contributed by atoms with Crippen molar-refractivity contribution in [2.45, 2.75) is 26.6 Å². The Morgan fingerprint density at radius 1 is 0.794 bits per heavy atom. The van der Waals surface area contributed by atoms with Crippen LogP contribution in [0.15, 0.2) is 103 Å². The lowest BCUT2D eigenvalue weighted by Gasteiger charge is -2.46. The summed E-state index contributed by atoms with van der Waals surface area (Å²) in [5, 5.41) is 0. The van der Waals surface area contributed by atoms with E-state index in [4.69, 9.17) is 4.74 Å². The number of fused-ring (bicyclic) bond motifs is 1. The van der Waals surface area contributed by atoms with Crippen LogP contribution >= 0.6 is 0 Å². The van der Waals surface area contributed by atoms with Crippen LogP contribution in [0.25, 0.3) is 0 Å². The topological polar surface area (TPSA) is 32.8 Å². The molecule has 4 nitrogen and oxygen atoms in total. The Bertz CT molecular complexity index is 1270. The van der Waals surface area contributed by atoms with Crippen LogP contribution in [-0.4, -0.2) is 12.5 Å². The molecule has 1 heterocycles. The Morgan fingerprint density at radius 2 is 1.47 bits per heavy atom. The zero-order chi connectivity index (χ0) is 23.5. The van der Waals surface area contributed by atoms with Crippen molar-refractivity contribution in [3.8, 4) is 5.75 Å². The maximum Gasteiger partial charge on any atom is 0.262 e. The van der Waals surface area contributed by atoms with Crippen LogP contribution in [0.2, 0.25) is 0 Å². The monoisotopic (exact) mass is 448 g/mol. The summed E-state index contributed by atoms with van der Waals surface area (Å²) in [6.45, 7) is 5.32. The van der Waals surface area contributed by atoms with E-state index in [9.17, 15) is 4.79 Å². The number of carbonyl (C=O) groups is 1. The molecule has 1 amide bonds. The average molecular weight is 449 g/mol. The normalized spacial score (nSPS) is 15.2. The molecule has 0 bridgehead atoms. The summed E-state index contributed by atoms with van der Waals surface area (Å²) < 4.78 is 5.68. The highest BCUT2D eigenvalue weighted by Gasteiger charge is 2.39. The molecule has 0 aliphatic carbocycles. The minimum Gasteiger partial charge on any atom is -0.494 e. The van der Waals surface area contributed by atoms with E-state index in [0.717, 1.165) is 28.3 Å². The summed E-state index contributed by atoms with van der Waals surface area (Å²) in [6.07, 6.45) is -0.305. The fourth-order valence-corrected chi connectivity index (χ4v) is 4.56. The molecule has 4 aromatic rings. The standard InChI is InChI=1S/C30H28N2O2/c1-3-34-26-19-15-24(16-20-26)29-31(21-23-9-5-4-6-10-23)28-12-8-7-11-27(28)30(33)32(29)25-17-13-22(2)14-18-25/h4-20,29H,3,21H2,1-2H3/t29-/m1/s1. The number of para-hydroxylation sites is 1. The molecule has 170 valence electrons. The van der Waals surface area contributed by atoms with Gasteiger partial charge in [0.1, 0.15) is 11.9 Å². The third kappa shape index (κ3) is 4.15. The minimum absolute atomic E-state index is 0.00245. The quantitative estimate of drug-likeness (QED) is 0.327. The predicted octanol–water partition coefficient (Wildman–Crippen LogP) is 6.76. The highest BCUT2D eigenvalue weighted by molar-refractivity contribution is 6.12. The van der Waals surface area contributed by atoms with Crippen molar-refractivity contribution in [3.05, 3.63) is 125 Å². The van der Waals surface area contributed by atoms with Crippen molar-refractivity contribution in [2.75, 3.05) is 16.4 Å². The van der Waals surface area contributed by atoms with Crippen molar-refractivity contribution in [1.29, 1.82) is 0 Å². The minimum atomic E-state index is -0.305. The van der Waals surface area contributed by atoms with Gasteiger partial charge in [0, 0.05) is 12.2 Å². The van der Waals surface area contributed by atoms with Crippen LogP contribution in [-0.2, 0) is 6.54 Å². The van der Waals surface area contributed by atoms with E-state index in [-0.39, 0.29) is 12.1 Å². The zero-order valence-electron chi connectivity index (χ0n) is 19.5. The highest BCUT2D eigenvalue weighted by Crippen LogP contribution is 2.42. The van der Waals surface area contributed by atoms with Gasteiger partial charge in [0.05, 0.1) is 17.9 Å². The molecule has 0 aromatic heterocycles. The first kappa shape index (κ1) is 21.8. The molecule has 0 saturated carbocycles. The number of benzene rings is 4. The van der Waals surface area contributed by atoms with Gasteiger partial charge in [-0.05, 0) is 61.4 Å². The van der Waals surface area contributed by atoms with Crippen LogP contribution < -0.4 is 14.5 Å². The Balaban J connectivity index is 1.68. The van der Waals surface area contributed by atoms with Crippen molar-refractivity contribution in [2.24, 2.45) is 0 Å². The van der Waals surface area contributed by atoms with Crippen molar-refractivity contribution in [3.63, 3.8) is 0 Å². The number of carbonyl (C=O) groups excluding carboxylic acids is 1. The second-order valence-corrected chi connectivity index (χ2v) is 8.52. The SMILES string of the molecule is CCOc1ccc([C@@H]2N(Cc3ccccc3)c3ccccc3C(=O)N2c2ccc(C)cc2)cc1. The molecule has 1 aliphatic heterocycles. The van der Waals surface area contributed by atoms with Gasteiger partial charge in [-0.25, -0.2) is 0 Å². The summed E-state index contributed by atoms with van der Waals surface area (Å²) in [4.78, 5) is 18.2. The first-order valence-corrected chi connectivity index (χ1v) is 11.7. The molecule has 0 unspecified atom stereocenters. The van der Waals surface area contributed by atoms with E-state index in [1.165, 1.54) is 5.56 Å². The van der Waals surface area contributed by atoms with Gasteiger partial charge < -0.3 is 9.64 Å². The van der Waals surface area contributed by atoms with Crippen molar-refractivity contribution >= 4 is 17.3 Å². The van der Waals surface area contributed by atoms with Gasteiger partial charge in [-0.1, -0.05) is 72.3 Å². The Labute approximate surface area is 201 Å². The second-order valence-electron chi connectivity index (χ2n) is 8.52. The Hall–Kier alpha value is -4.05. The summed E-state index contributed by atoms with van der Waals surface area (Å²) >= 11 is 0. The van der Waals surface area contributed by atoms with E-state index >= 15 is 0 Å². The molecule has 0 saturated heterocycles. The fourth-order valence-electron chi connectivity index (χ4n) is 4.56. The average Bonchev–Trinajstić information content (AvgIpc) is 2.88. The number of nitrogens with zero attached hydrogens (tertiary/aromatic N) is 2. The number of anilines is 2. The molecule has 1 atom stereocenters. The first-order chi connectivity index (χ1) is 16.7. The van der Waals surface area contributed by atoms with Gasteiger partial charge in [-0.2, -0.15) is 0 Å². The lowest BCUT2D eigenvalue weighted by Crippen LogP contribution is -2.49. The lowest BCUT2D eigenvalue weighted by atomic mass is 9.99. The maximum atomic E-state index is 13.9. The van der Waals surface area contributed by atoms with E-state index in [2.05, 4.69) is 60.4 Å². The molecule has 0 fully saturated rings. The molecular weight excluding hydrogens is 420 g/mol. The molecule has 4 aromatic carbocycles. The predicted molar refractivity (Wildman–Crippen MR) is 137 cm³/mol. The van der Waals surface area contributed by atoms with Gasteiger partial charge in [0.15, 0.2) is 0 Å². The van der Waals surface area contributed by atoms with Crippen molar-refractivity contribution < 1.29 is 9.53 Å². The van der Waals surface area contributed by atoms with Crippen LogP contribution in [0.3, 0.4) is 0 Å². The molecule has 0 radical (unpaired) electrons. The van der Waals surface area contributed by atoms with E-state index in [1.54, 1.807) is 0 Å². The van der Waals surface area contributed by atoms with Gasteiger partial charge in [0.2, 0.25) is 0 Å². The van der Waals surface area contributed by atoms with E-state index in [0.29, 0.717) is 18.7 Å². The molecule has 4 heteroatoms. The lowest BCUT2D eigenvalue weighted by molar-refractivity contribution is 0.0968. The Morgan fingerprint density at radius 3 is 2.18 bits per heavy atom. The van der Waals surface area contributed by atoms with Gasteiger partial charge in [-0.3, -0.25) is 9.69 Å². The van der Waals surface area contributed by atoms with Gasteiger partial charge in [-0.15, -0.1) is 0 Å². The summed E-state index contributed by atoms with van der Waals surface area (Å²) in [5.41, 5.74) is 5.91. The number of amides is 1. The number of rotatable bonds is 6. The summed E-state index contributed by atoms with van der Waals surface area (Å²) in [7, 11) is 0. The van der Waals surface area contributed by atoms with E-state index < -0.39 is 0 Å². The first-order valence-electron chi connectivity index (χ1n) is 11.7. The van der Waals surface area contributed by atoms with Crippen LogP contribution in [0.4, 0.5) is 11.4 Å². The molecule has 5 rings (SSSR count). The van der Waals surface area contributed by atoms with Crippen molar-refractivity contribution in [1.82, 2.24) is 0 Å². The molecule has 34 heavy (non-hydrogen) atoms. The molecule has 1 aliphatic rings. The van der Waals surface area contributed by atoms with E-state index in [1.807, 2.05) is 66.4 Å². The number of ether oxygens (including phenoxy) is 1. The molecule has 0 spiro atoms. The van der Waals surface area contributed by atoms with Crippen LogP contribution in [0.1, 0.15) is 40.1 Å². The summed E-state index contributed by atoms with van der Waals surface area (Å²) in [6, 6.07) is 34.6. The van der Waals surface area contributed by atoms with Crippen LogP contribution in [0.5, 0.6) is 5.75 Å². The second kappa shape index (κ2) is 9.44. The number of aryl methyl sites for hydroxylation is 1. The maximum absolute atomic E-state index is 13.9. The smallest absolute Gasteiger partial charge is 0.262 e. The fraction of sp³-hybridized carbons (Fsp3) is 0.167. The van der Waals surface area contributed by atoms with Gasteiger partial charge >= 0.3 is 0 Å². The number of hydrogen-bond donors (Lipinski definition) is 0. The number of hydrogen-bond acceptors (Lipinski definition) is 3.